The number of aromatic nitrogens is 1. The van der Waals surface area contributed by atoms with Crippen LogP contribution in [0.25, 0.3) is 0 Å². The van der Waals surface area contributed by atoms with E-state index in [-0.39, 0.29) is 30.5 Å². The minimum atomic E-state index is -0.297. The van der Waals surface area contributed by atoms with E-state index in [1.165, 1.54) is 12.1 Å². The Morgan fingerprint density at radius 3 is 2.60 bits per heavy atom. The molecule has 2 fully saturated rings. The topological polar surface area (TPSA) is 68.0 Å². The molecule has 7 nitrogen and oxygen atoms in total. The van der Waals surface area contributed by atoms with Crippen LogP contribution in [0, 0.1) is 19.7 Å². The van der Waals surface area contributed by atoms with Crippen molar-refractivity contribution in [1.29, 1.82) is 0 Å². The lowest BCUT2D eigenvalue weighted by atomic mass is 10.0. The second kappa shape index (κ2) is 9.14. The number of rotatable bonds is 6. The third-order valence-electron chi connectivity index (χ3n) is 5.97. The summed E-state index contributed by atoms with van der Waals surface area (Å²) in [6.45, 7) is 7.54. The van der Waals surface area contributed by atoms with E-state index in [1.54, 1.807) is 12.1 Å². The molecule has 1 atom stereocenters. The lowest BCUT2D eigenvalue weighted by Gasteiger charge is -2.42. The Morgan fingerprint density at radius 1 is 1.20 bits per heavy atom. The maximum atomic E-state index is 13.0. The highest BCUT2D eigenvalue weighted by Gasteiger charge is 2.34. The third-order valence-corrected chi connectivity index (χ3v) is 5.97. The number of hydrogen-bond acceptors (Lipinski definition) is 6. The summed E-state index contributed by atoms with van der Waals surface area (Å²) >= 11 is 0. The zero-order valence-corrected chi connectivity index (χ0v) is 17.5. The summed E-state index contributed by atoms with van der Waals surface area (Å²) in [5, 5.41) is 4.03. The van der Waals surface area contributed by atoms with Gasteiger partial charge in [-0.3, -0.25) is 9.69 Å². The van der Waals surface area contributed by atoms with Crippen LogP contribution in [0.4, 0.5) is 4.39 Å². The maximum absolute atomic E-state index is 13.0. The van der Waals surface area contributed by atoms with Gasteiger partial charge in [0.2, 0.25) is 5.91 Å². The first-order valence-electron chi connectivity index (χ1n) is 10.4. The van der Waals surface area contributed by atoms with Crippen LogP contribution in [0.5, 0.6) is 5.75 Å². The molecular formula is C22H28FN3O4. The predicted molar refractivity (Wildman–Crippen MR) is 108 cm³/mol. The fraction of sp³-hybridized carbons (Fsp3) is 0.545. The molecule has 1 unspecified atom stereocenters. The van der Waals surface area contributed by atoms with Crippen LogP contribution in [0.15, 0.2) is 28.8 Å². The Hall–Kier alpha value is -2.45. The van der Waals surface area contributed by atoms with Gasteiger partial charge in [-0.1, -0.05) is 5.16 Å². The fourth-order valence-corrected chi connectivity index (χ4v) is 4.16. The Labute approximate surface area is 175 Å². The predicted octanol–water partition coefficient (Wildman–Crippen LogP) is 2.70. The number of carbonyl (C=O) groups is 1. The highest BCUT2D eigenvalue weighted by molar-refractivity contribution is 5.78. The molecule has 0 bridgehead atoms. The summed E-state index contributed by atoms with van der Waals surface area (Å²) in [7, 11) is 0. The number of hydrogen-bond donors (Lipinski definition) is 0. The summed E-state index contributed by atoms with van der Waals surface area (Å²) < 4.78 is 29.7. The van der Waals surface area contributed by atoms with Crippen molar-refractivity contribution in [2.75, 3.05) is 32.8 Å². The number of amides is 1. The molecule has 162 valence electrons. The van der Waals surface area contributed by atoms with Gasteiger partial charge in [-0.05, 0) is 51.0 Å². The van der Waals surface area contributed by atoms with Gasteiger partial charge in [-0.15, -0.1) is 0 Å². The van der Waals surface area contributed by atoms with Gasteiger partial charge in [0.15, 0.2) is 0 Å². The number of likely N-dealkylation sites (tertiary alicyclic amines) is 1. The molecule has 0 aliphatic carbocycles. The number of morpholine rings is 1. The maximum Gasteiger partial charge on any atom is 0.248 e. The van der Waals surface area contributed by atoms with Crippen molar-refractivity contribution in [2.45, 2.75) is 45.4 Å². The third kappa shape index (κ3) is 4.82. The van der Waals surface area contributed by atoms with Gasteiger partial charge in [-0.25, -0.2) is 4.39 Å². The van der Waals surface area contributed by atoms with Crippen LogP contribution < -0.4 is 4.74 Å². The van der Waals surface area contributed by atoms with Crippen LogP contribution in [0.2, 0.25) is 0 Å². The van der Waals surface area contributed by atoms with Crippen molar-refractivity contribution < 1.29 is 23.2 Å². The number of ether oxygens (including phenoxy) is 2. The van der Waals surface area contributed by atoms with Gasteiger partial charge < -0.3 is 18.9 Å². The summed E-state index contributed by atoms with van der Waals surface area (Å²) in [5.41, 5.74) is 2.11. The van der Waals surface area contributed by atoms with Crippen LogP contribution in [-0.2, 0) is 16.1 Å². The minimum absolute atomic E-state index is 0.0391. The Kier molecular flexibility index (Phi) is 6.34. The summed E-state index contributed by atoms with van der Waals surface area (Å²) in [5.74, 6) is 1.21. The van der Waals surface area contributed by atoms with E-state index in [9.17, 15) is 9.18 Å². The van der Waals surface area contributed by atoms with Gasteiger partial charge in [0.25, 0.3) is 0 Å². The van der Waals surface area contributed by atoms with Crippen molar-refractivity contribution >= 4 is 5.91 Å². The minimum Gasteiger partial charge on any atom is -0.491 e. The lowest BCUT2D eigenvalue weighted by Crippen LogP contribution is -2.55. The molecule has 1 aromatic carbocycles. The highest BCUT2D eigenvalue weighted by atomic mass is 19.1. The Bertz CT molecular complexity index is 842. The first-order valence-corrected chi connectivity index (χ1v) is 10.4. The second-order valence-electron chi connectivity index (χ2n) is 8.05. The Balaban J connectivity index is 1.28. The van der Waals surface area contributed by atoms with Gasteiger partial charge in [0.1, 0.15) is 36.6 Å². The molecule has 8 heteroatoms. The second-order valence-corrected chi connectivity index (χ2v) is 8.05. The van der Waals surface area contributed by atoms with E-state index in [2.05, 4.69) is 10.1 Å². The lowest BCUT2D eigenvalue weighted by molar-refractivity contribution is -0.155. The molecule has 0 radical (unpaired) electrons. The summed E-state index contributed by atoms with van der Waals surface area (Å²) in [4.78, 5) is 16.8. The number of carbonyl (C=O) groups excluding carboxylic acids is 1. The largest absolute Gasteiger partial charge is 0.491 e. The number of aryl methyl sites for hydroxylation is 2. The highest BCUT2D eigenvalue weighted by Crippen LogP contribution is 2.23. The molecule has 0 spiro atoms. The van der Waals surface area contributed by atoms with E-state index in [0.717, 1.165) is 49.5 Å². The molecule has 0 N–H and O–H groups in total. The number of halogens is 1. The number of nitrogens with zero attached hydrogens (tertiary/aromatic N) is 3. The van der Waals surface area contributed by atoms with Crippen LogP contribution >= 0.6 is 0 Å². The zero-order chi connectivity index (χ0) is 21.1. The van der Waals surface area contributed by atoms with E-state index < -0.39 is 0 Å². The quantitative estimate of drug-likeness (QED) is 0.720. The van der Waals surface area contributed by atoms with E-state index in [4.69, 9.17) is 14.0 Å². The molecule has 2 saturated heterocycles. The molecule has 0 saturated carbocycles. The van der Waals surface area contributed by atoms with E-state index in [1.807, 2.05) is 18.7 Å². The fourth-order valence-electron chi connectivity index (χ4n) is 4.16. The molecule has 3 heterocycles. The monoisotopic (exact) mass is 417 g/mol. The van der Waals surface area contributed by atoms with Crippen LogP contribution in [-0.4, -0.2) is 65.9 Å². The smallest absolute Gasteiger partial charge is 0.248 e. The van der Waals surface area contributed by atoms with Crippen molar-refractivity contribution in [1.82, 2.24) is 15.0 Å². The van der Waals surface area contributed by atoms with E-state index >= 15 is 0 Å². The molecular weight excluding hydrogens is 389 g/mol. The number of piperidine rings is 1. The van der Waals surface area contributed by atoms with Crippen molar-refractivity contribution in [3.63, 3.8) is 0 Å². The van der Waals surface area contributed by atoms with Crippen molar-refractivity contribution in [3.05, 3.63) is 47.1 Å². The first-order chi connectivity index (χ1) is 14.5. The standard InChI is InChI=1S/C22H28FN3O4/c1-15-21(16(2)30-24-15)12-25-9-7-18(8-10-25)26-11-20(29-14-22(26)27)13-28-19-5-3-17(23)4-6-19/h3-6,18,20H,7-14H2,1-2H3. The number of benzene rings is 1. The van der Waals surface area contributed by atoms with Gasteiger partial charge >= 0.3 is 0 Å². The SMILES string of the molecule is Cc1noc(C)c1CN1CCC(N2CC(COc3ccc(F)cc3)OCC2=O)CC1. The summed E-state index contributed by atoms with van der Waals surface area (Å²) in [6, 6.07) is 6.13. The van der Waals surface area contributed by atoms with Crippen LogP contribution in [0.1, 0.15) is 29.9 Å². The van der Waals surface area contributed by atoms with Crippen molar-refractivity contribution in [3.8, 4) is 5.75 Å². The normalized spacial score (nSPS) is 21.2. The van der Waals surface area contributed by atoms with Gasteiger partial charge in [-0.2, -0.15) is 0 Å². The van der Waals surface area contributed by atoms with Gasteiger partial charge in [0.05, 0.1) is 12.2 Å². The summed E-state index contributed by atoms with van der Waals surface area (Å²) in [6.07, 6.45) is 1.68. The van der Waals surface area contributed by atoms with E-state index in [0.29, 0.717) is 18.9 Å². The van der Waals surface area contributed by atoms with Crippen LogP contribution in [0.3, 0.4) is 0 Å². The average Bonchev–Trinajstić information content (AvgIpc) is 3.07. The molecule has 2 aromatic rings. The van der Waals surface area contributed by atoms with Crippen molar-refractivity contribution in [2.24, 2.45) is 0 Å². The molecule has 2 aliphatic heterocycles. The molecule has 30 heavy (non-hydrogen) atoms. The molecule has 1 amide bonds. The molecule has 4 rings (SSSR count). The zero-order valence-electron chi connectivity index (χ0n) is 17.5. The first kappa shape index (κ1) is 20.8. The average molecular weight is 417 g/mol. The van der Waals surface area contributed by atoms with Gasteiger partial charge in [0, 0.05) is 31.2 Å². The molecule has 1 aromatic heterocycles. The Morgan fingerprint density at radius 2 is 1.93 bits per heavy atom. The molecule has 2 aliphatic rings.